The van der Waals surface area contributed by atoms with E-state index >= 15 is 0 Å². The van der Waals surface area contributed by atoms with Crippen LogP contribution >= 0.6 is 0 Å². The van der Waals surface area contributed by atoms with Gasteiger partial charge in [-0.3, -0.25) is 4.79 Å². The fourth-order valence-corrected chi connectivity index (χ4v) is 2.22. The van der Waals surface area contributed by atoms with Crippen molar-refractivity contribution in [2.24, 2.45) is 0 Å². The standard InChI is InChI=1S/C19H21NO5/c1-13-8-9-16(14(2)10-13)24-12-19(22)25-11-18(21)20-15-6-4-5-7-17(15)23-3/h4-10H,11-12H2,1-3H3,(H,20,21). The van der Waals surface area contributed by atoms with Crippen LogP contribution in [0.1, 0.15) is 11.1 Å². The average molecular weight is 343 g/mol. The Labute approximate surface area is 146 Å². The summed E-state index contributed by atoms with van der Waals surface area (Å²) in [5.74, 6) is 0.0703. The number of amides is 1. The Balaban J connectivity index is 1.78. The predicted molar refractivity (Wildman–Crippen MR) is 94.0 cm³/mol. The Morgan fingerprint density at radius 3 is 2.48 bits per heavy atom. The van der Waals surface area contributed by atoms with Crippen LogP contribution in [-0.4, -0.2) is 32.2 Å². The molecule has 0 aromatic heterocycles. The molecule has 2 rings (SSSR count). The number of anilines is 1. The van der Waals surface area contributed by atoms with E-state index in [2.05, 4.69) is 5.32 Å². The second kappa shape index (κ2) is 8.73. The lowest BCUT2D eigenvalue weighted by atomic mass is 10.1. The molecule has 2 aromatic rings. The highest BCUT2D eigenvalue weighted by molar-refractivity contribution is 5.94. The Morgan fingerprint density at radius 1 is 1.00 bits per heavy atom. The van der Waals surface area contributed by atoms with Crippen LogP contribution < -0.4 is 14.8 Å². The quantitative estimate of drug-likeness (QED) is 0.783. The average Bonchev–Trinajstić information content (AvgIpc) is 2.59. The van der Waals surface area contributed by atoms with Crippen molar-refractivity contribution in [1.29, 1.82) is 0 Å². The molecule has 1 amide bonds. The molecule has 0 atom stereocenters. The van der Waals surface area contributed by atoms with Crippen molar-refractivity contribution < 1.29 is 23.8 Å². The van der Waals surface area contributed by atoms with E-state index in [4.69, 9.17) is 14.2 Å². The van der Waals surface area contributed by atoms with Gasteiger partial charge in [-0.25, -0.2) is 4.79 Å². The van der Waals surface area contributed by atoms with Crippen LogP contribution in [0.25, 0.3) is 0 Å². The van der Waals surface area contributed by atoms with E-state index in [1.54, 1.807) is 30.3 Å². The Bertz CT molecular complexity index is 757. The second-order valence-electron chi connectivity index (χ2n) is 5.47. The maximum Gasteiger partial charge on any atom is 0.344 e. The summed E-state index contributed by atoms with van der Waals surface area (Å²) in [6.07, 6.45) is 0. The van der Waals surface area contributed by atoms with Gasteiger partial charge in [-0.2, -0.15) is 0 Å². The van der Waals surface area contributed by atoms with Gasteiger partial charge in [0.1, 0.15) is 11.5 Å². The zero-order chi connectivity index (χ0) is 18.2. The van der Waals surface area contributed by atoms with Crippen molar-refractivity contribution in [3.63, 3.8) is 0 Å². The van der Waals surface area contributed by atoms with Crippen molar-refractivity contribution in [2.75, 3.05) is 25.6 Å². The largest absolute Gasteiger partial charge is 0.495 e. The van der Waals surface area contributed by atoms with Gasteiger partial charge >= 0.3 is 5.97 Å². The molecule has 6 nitrogen and oxygen atoms in total. The third-order valence-electron chi connectivity index (χ3n) is 3.42. The SMILES string of the molecule is COc1ccccc1NC(=O)COC(=O)COc1ccc(C)cc1C. The van der Waals surface area contributed by atoms with Gasteiger partial charge in [0.15, 0.2) is 13.2 Å². The number of nitrogens with one attached hydrogen (secondary N) is 1. The van der Waals surface area contributed by atoms with Gasteiger partial charge in [0, 0.05) is 0 Å². The van der Waals surface area contributed by atoms with Gasteiger partial charge in [-0.05, 0) is 37.6 Å². The lowest BCUT2D eigenvalue weighted by Gasteiger charge is -2.11. The molecule has 0 aliphatic carbocycles. The minimum absolute atomic E-state index is 0.258. The summed E-state index contributed by atoms with van der Waals surface area (Å²) in [5, 5.41) is 2.62. The lowest BCUT2D eigenvalue weighted by Crippen LogP contribution is -2.24. The van der Waals surface area contributed by atoms with Crippen LogP contribution in [-0.2, 0) is 14.3 Å². The third kappa shape index (κ3) is 5.53. The van der Waals surface area contributed by atoms with Crippen molar-refractivity contribution in [1.82, 2.24) is 0 Å². The summed E-state index contributed by atoms with van der Waals surface area (Å²) in [4.78, 5) is 23.6. The summed E-state index contributed by atoms with van der Waals surface area (Å²) in [5.41, 5.74) is 2.56. The molecule has 25 heavy (non-hydrogen) atoms. The van der Waals surface area contributed by atoms with Crippen LogP contribution in [0.2, 0.25) is 0 Å². The van der Waals surface area contributed by atoms with Crippen LogP contribution in [0.3, 0.4) is 0 Å². The summed E-state index contributed by atoms with van der Waals surface area (Å²) in [6, 6.07) is 12.6. The number of esters is 1. The van der Waals surface area contributed by atoms with Crippen molar-refractivity contribution in [3.8, 4) is 11.5 Å². The summed E-state index contributed by atoms with van der Waals surface area (Å²) in [6.45, 7) is 3.22. The van der Waals surface area contributed by atoms with E-state index < -0.39 is 18.5 Å². The van der Waals surface area contributed by atoms with E-state index in [-0.39, 0.29) is 6.61 Å². The van der Waals surface area contributed by atoms with Gasteiger partial charge < -0.3 is 19.5 Å². The zero-order valence-electron chi connectivity index (χ0n) is 14.5. The van der Waals surface area contributed by atoms with E-state index in [1.165, 1.54) is 7.11 Å². The molecule has 0 heterocycles. The molecule has 6 heteroatoms. The van der Waals surface area contributed by atoms with Crippen molar-refractivity contribution >= 4 is 17.6 Å². The van der Waals surface area contributed by atoms with Crippen molar-refractivity contribution in [3.05, 3.63) is 53.6 Å². The lowest BCUT2D eigenvalue weighted by molar-refractivity contribution is -0.149. The van der Waals surface area contributed by atoms with E-state index in [1.807, 2.05) is 26.0 Å². The summed E-state index contributed by atoms with van der Waals surface area (Å²) in [7, 11) is 1.51. The number of hydrogen-bond donors (Lipinski definition) is 1. The van der Waals surface area contributed by atoms with Gasteiger partial charge in [0.2, 0.25) is 0 Å². The van der Waals surface area contributed by atoms with Gasteiger partial charge in [0.05, 0.1) is 12.8 Å². The number of ether oxygens (including phenoxy) is 3. The topological polar surface area (TPSA) is 73.9 Å². The molecule has 0 unspecified atom stereocenters. The Morgan fingerprint density at radius 2 is 1.76 bits per heavy atom. The molecule has 132 valence electrons. The maximum absolute atomic E-state index is 11.9. The molecule has 0 radical (unpaired) electrons. The summed E-state index contributed by atoms with van der Waals surface area (Å²) >= 11 is 0. The zero-order valence-corrected chi connectivity index (χ0v) is 14.5. The first-order valence-electron chi connectivity index (χ1n) is 7.78. The molecule has 0 fully saturated rings. The fraction of sp³-hybridized carbons (Fsp3) is 0.263. The first-order valence-corrected chi connectivity index (χ1v) is 7.78. The van der Waals surface area contributed by atoms with E-state index in [0.29, 0.717) is 17.2 Å². The first kappa shape index (κ1) is 18.3. The first-order chi connectivity index (χ1) is 12.0. The molecule has 0 saturated heterocycles. The second-order valence-corrected chi connectivity index (χ2v) is 5.47. The highest BCUT2D eigenvalue weighted by atomic mass is 16.6. The minimum Gasteiger partial charge on any atom is -0.495 e. The molecule has 0 bridgehead atoms. The molecule has 2 aromatic carbocycles. The normalized spacial score (nSPS) is 10.0. The number of carbonyl (C=O) groups excluding carboxylic acids is 2. The number of carbonyl (C=O) groups is 2. The number of hydrogen-bond acceptors (Lipinski definition) is 5. The van der Waals surface area contributed by atoms with Crippen molar-refractivity contribution in [2.45, 2.75) is 13.8 Å². The number of rotatable bonds is 7. The number of methoxy groups -OCH3 is 1. The third-order valence-corrected chi connectivity index (χ3v) is 3.42. The number of benzene rings is 2. The van der Waals surface area contributed by atoms with Crippen LogP contribution in [0, 0.1) is 13.8 Å². The maximum atomic E-state index is 11.9. The monoisotopic (exact) mass is 343 g/mol. The van der Waals surface area contributed by atoms with Gasteiger partial charge in [0.25, 0.3) is 5.91 Å². The molecule has 0 aliphatic heterocycles. The highest BCUT2D eigenvalue weighted by Gasteiger charge is 2.11. The van der Waals surface area contributed by atoms with E-state index in [9.17, 15) is 9.59 Å². The molecule has 0 saturated carbocycles. The molecule has 0 aliphatic rings. The van der Waals surface area contributed by atoms with Crippen LogP contribution in [0.5, 0.6) is 11.5 Å². The van der Waals surface area contributed by atoms with Crippen LogP contribution in [0.4, 0.5) is 5.69 Å². The molecular formula is C19H21NO5. The summed E-state index contributed by atoms with van der Waals surface area (Å²) < 4.78 is 15.5. The predicted octanol–water partition coefficient (Wildman–Crippen LogP) is 2.87. The molecule has 1 N–H and O–H groups in total. The highest BCUT2D eigenvalue weighted by Crippen LogP contribution is 2.22. The fourth-order valence-electron chi connectivity index (χ4n) is 2.22. The van der Waals surface area contributed by atoms with Gasteiger partial charge in [-0.1, -0.05) is 29.8 Å². The molecule has 0 spiro atoms. The molecular weight excluding hydrogens is 322 g/mol. The van der Waals surface area contributed by atoms with Gasteiger partial charge in [-0.15, -0.1) is 0 Å². The number of aryl methyl sites for hydroxylation is 2. The Kier molecular flexibility index (Phi) is 6.39. The van der Waals surface area contributed by atoms with Crippen LogP contribution in [0.15, 0.2) is 42.5 Å². The smallest absolute Gasteiger partial charge is 0.344 e. The number of para-hydroxylation sites is 2. The Hall–Kier alpha value is -3.02. The minimum atomic E-state index is -0.616. The van der Waals surface area contributed by atoms with E-state index in [0.717, 1.165) is 11.1 Å².